The largest absolute Gasteiger partial charge is 0.348 e. The van der Waals surface area contributed by atoms with Crippen molar-refractivity contribution in [3.8, 4) is 0 Å². The molecule has 0 spiro atoms. The minimum absolute atomic E-state index is 0.135. The molecule has 0 unspecified atom stereocenters. The fraction of sp³-hybridized carbons (Fsp3) is 0.579. The van der Waals surface area contributed by atoms with Crippen LogP contribution in [0, 0.1) is 17.7 Å². The number of amides is 1. The standard InChI is InChI=1S/C19H24FN3OS/c1-13-5-9-22(10-6-13)18(24)14-7-11-23(12-8-14)19-21-17-15(20)3-2-4-16(17)25-19/h2-4,13-14H,5-12H2,1H3. The summed E-state index contributed by atoms with van der Waals surface area (Å²) in [7, 11) is 0. The van der Waals surface area contributed by atoms with Gasteiger partial charge in [0, 0.05) is 32.1 Å². The van der Waals surface area contributed by atoms with Crippen LogP contribution in [0.1, 0.15) is 32.6 Å². The predicted molar refractivity (Wildman–Crippen MR) is 99.5 cm³/mol. The Kier molecular flexibility index (Phi) is 4.63. The summed E-state index contributed by atoms with van der Waals surface area (Å²) in [5.74, 6) is 0.951. The van der Waals surface area contributed by atoms with Gasteiger partial charge in [0.2, 0.25) is 5.91 Å². The monoisotopic (exact) mass is 361 g/mol. The second-order valence-corrected chi connectivity index (χ2v) is 8.36. The SMILES string of the molecule is CC1CCN(C(=O)C2CCN(c3nc4c(F)cccc4s3)CC2)CC1. The van der Waals surface area contributed by atoms with E-state index in [0.717, 1.165) is 67.6 Å². The maximum Gasteiger partial charge on any atom is 0.225 e. The van der Waals surface area contributed by atoms with Gasteiger partial charge >= 0.3 is 0 Å². The summed E-state index contributed by atoms with van der Waals surface area (Å²) in [5.41, 5.74) is 0.461. The quantitative estimate of drug-likeness (QED) is 0.814. The van der Waals surface area contributed by atoms with Gasteiger partial charge in [0.25, 0.3) is 0 Å². The van der Waals surface area contributed by atoms with E-state index in [1.165, 1.54) is 17.4 Å². The number of thiazole rings is 1. The van der Waals surface area contributed by atoms with Crippen molar-refractivity contribution in [1.29, 1.82) is 0 Å². The van der Waals surface area contributed by atoms with Crippen LogP contribution in [0.4, 0.5) is 9.52 Å². The van der Waals surface area contributed by atoms with Crippen LogP contribution < -0.4 is 4.90 Å². The number of fused-ring (bicyclic) bond motifs is 1. The van der Waals surface area contributed by atoms with Crippen LogP contribution in [-0.2, 0) is 4.79 Å². The van der Waals surface area contributed by atoms with Crippen molar-refractivity contribution in [1.82, 2.24) is 9.88 Å². The molecule has 1 amide bonds. The van der Waals surface area contributed by atoms with Crippen LogP contribution in [0.3, 0.4) is 0 Å². The molecule has 134 valence electrons. The van der Waals surface area contributed by atoms with Crippen LogP contribution >= 0.6 is 11.3 Å². The summed E-state index contributed by atoms with van der Waals surface area (Å²) >= 11 is 1.54. The Morgan fingerprint density at radius 3 is 2.56 bits per heavy atom. The van der Waals surface area contributed by atoms with E-state index in [0.29, 0.717) is 11.4 Å². The average molecular weight is 361 g/mol. The second kappa shape index (κ2) is 6.90. The minimum atomic E-state index is -0.260. The lowest BCUT2D eigenvalue weighted by molar-refractivity contribution is -0.137. The van der Waals surface area contributed by atoms with E-state index >= 15 is 0 Å². The maximum atomic E-state index is 13.8. The van der Waals surface area contributed by atoms with Gasteiger partial charge in [-0.1, -0.05) is 24.3 Å². The summed E-state index contributed by atoms with van der Waals surface area (Å²) in [6.07, 6.45) is 3.98. The van der Waals surface area contributed by atoms with Crippen molar-refractivity contribution in [2.45, 2.75) is 32.6 Å². The van der Waals surface area contributed by atoms with E-state index in [1.54, 1.807) is 6.07 Å². The number of likely N-dealkylation sites (tertiary alicyclic amines) is 1. The Morgan fingerprint density at radius 2 is 1.88 bits per heavy atom. The molecule has 2 aliphatic heterocycles. The zero-order valence-corrected chi connectivity index (χ0v) is 15.4. The predicted octanol–water partition coefficient (Wildman–Crippen LogP) is 3.91. The van der Waals surface area contributed by atoms with Gasteiger partial charge in [0.15, 0.2) is 5.13 Å². The molecule has 0 radical (unpaired) electrons. The molecule has 4 rings (SSSR count). The molecule has 6 heteroatoms. The van der Waals surface area contributed by atoms with E-state index in [-0.39, 0.29) is 11.7 Å². The van der Waals surface area contributed by atoms with Gasteiger partial charge in [-0.3, -0.25) is 4.79 Å². The van der Waals surface area contributed by atoms with E-state index < -0.39 is 0 Å². The van der Waals surface area contributed by atoms with Gasteiger partial charge in [-0.05, 0) is 43.7 Å². The lowest BCUT2D eigenvalue weighted by Gasteiger charge is -2.36. The molecule has 0 bridgehead atoms. The number of para-hydroxylation sites is 1. The molecule has 4 nitrogen and oxygen atoms in total. The van der Waals surface area contributed by atoms with Crippen molar-refractivity contribution < 1.29 is 9.18 Å². The first-order valence-electron chi connectivity index (χ1n) is 9.20. The Hall–Kier alpha value is -1.69. The molecule has 2 fully saturated rings. The Bertz CT molecular complexity index is 761. The number of nitrogens with zero attached hydrogens (tertiary/aromatic N) is 3. The zero-order chi connectivity index (χ0) is 17.4. The highest BCUT2D eigenvalue weighted by Gasteiger charge is 2.31. The maximum absolute atomic E-state index is 13.8. The highest BCUT2D eigenvalue weighted by molar-refractivity contribution is 7.22. The van der Waals surface area contributed by atoms with Gasteiger partial charge in [-0.2, -0.15) is 0 Å². The first-order chi connectivity index (χ1) is 12.1. The number of carbonyl (C=O) groups excluding carboxylic acids is 1. The normalized spacial score (nSPS) is 20.4. The number of carbonyl (C=O) groups is 1. The third-order valence-electron chi connectivity index (χ3n) is 5.57. The van der Waals surface area contributed by atoms with Crippen LogP contribution in [0.25, 0.3) is 10.2 Å². The number of aromatic nitrogens is 1. The molecule has 0 aliphatic carbocycles. The summed E-state index contributed by atoms with van der Waals surface area (Å²) in [5, 5.41) is 0.873. The third kappa shape index (κ3) is 3.36. The Balaban J connectivity index is 1.39. The molecule has 2 saturated heterocycles. The zero-order valence-electron chi connectivity index (χ0n) is 14.6. The molecule has 25 heavy (non-hydrogen) atoms. The molecular weight excluding hydrogens is 337 g/mol. The molecule has 3 heterocycles. The number of anilines is 1. The average Bonchev–Trinajstić information content (AvgIpc) is 3.08. The molecule has 2 aromatic rings. The minimum Gasteiger partial charge on any atom is -0.348 e. The fourth-order valence-electron chi connectivity index (χ4n) is 3.84. The van der Waals surface area contributed by atoms with Gasteiger partial charge in [0.1, 0.15) is 11.3 Å². The Morgan fingerprint density at radius 1 is 1.16 bits per heavy atom. The topological polar surface area (TPSA) is 36.4 Å². The van der Waals surface area contributed by atoms with Crippen LogP contribution in [0.2, 0.25) is 0 Å². The van der Waals surface area contributed by atoms with Crippen LogP contribution in [-0.4, -0.2) is 42.0 Å². The summed E-state index contributed by atoms with van der Waals surface area (Å²) in [6, 6.07) is 5.09. The number of piperidine rings is 2. The van der Waals surface area contributed by atoms with Crippen molar-refractivity contribution in [2.75, 3.05) is 31.1 Å². The van der Waals surface area contributed by atoms with Crippen molar-refractivity contribution in [3.05, 3.63) is 24.0 Å². The highest BCUT2D eigenvalue weighted by atomic mass is 32.1. The van der Waals surface area contributed by atoms with Gasteiger partial charge in [0.05, 0.1) is 4.70 Å². The number of hydrogen-bond donors (Lipinski definition) is 0. The number of hydrogen-bond acceptors (Lipinski definition) is 4. The second-order valence-electron chi connectivity index (χ2n) is 7.35. The number of benzene rings is 1. The molecule has 0 N–H and O–H groups in total. The van der Waals surface area contributed by atoms with Crippen molar-refractivity contribution in [3.63, 3.8) is 0 Å². The summed E-state index contributed by atoms with van der Waals surface area (Å²) in [4.78, 5) is 21.5. The van der Waals surface area contributed by atoms with Crippen molar-refractivity contribution >= 4 is 32.6 Å². The van der Waals surface area contributed by atoms with E-state index in [4.69, 9.17) is 0 Å². The van der Waals surface area contributed by atoms with E-state index in [2.05, 4.69) is 21.7 Å². The van der Waals surface area contributed by atoms with Crippen molar-refractivity contribution in [2.24, 2.45) is 11.8 Å². The number of rotatable bonds is 2. The smallest absolute Gasteiger partial charge is 0.225 e. The molecule has 1 aromatic heterocycles. The molecule has 0 saturated carbocycles. The van der Waals surface area contributed by atoms with E-state index in [1.807, 2.05) is 6.07 Å². The van der Waals surface area contributed by atoms with Gasteiger partial charge < -0.3 is 9.80 Å². The number of halogens is 1. The van der Waals surface area contributed by atoms with E-state index in [9.17, 15) is 9.18 Å². The lowest BCUT2D eigenvalue weighted by atomic mass is 9.93. The third-order valence-corrected chi connectivity index (χ3v) is 6.65. The summed E-state index contributed by atoms with van der Waals surface area (Å²) < 4.78 is 14.7. The fourth-order valence-corrected chi connectivity index (χ4v) is 4.88. The summed E-state index contributed by atoms with van der Waals surface area (Å²) in [6.45, 7) is 5.74. The first kappa shape index (κ1) is 16.8. The molecule has 1 aromatic carbocycles. The first-order valence-corrected chi connectivity index (χ1v) is 10.0. The molecule has 0 atom stereocenters. The Labute approximate surface area is 151 Å². The van der Waals surface area contributed by atoms with Crippen LogP contribution in [0.5, 0.6) is 0 Å². The highest BCUT2D eigenvalue weighted by Crippen LogP contribution is 2.33. The lowest BCUT2D eigenvalue weighted by Crippen LogP contribution is -2.45. The van der Waals surface area contributed by atoms with Gasteiger partial charge in [-0.25, -0.2) is 9.37 Å². The molecule has 2 aliphatic rings. The van der Waals surface area contributed by atoms with Gasteiger partial charge in [-0.15, -0.1) is 0 Å². The molecular formula is C19H24FN3OS. The van der Waals surface area contributed by atoms with Crippen LogP contribution in [0.15, 0.2) is 18.2 Å².